The Kier molecular flexibility index (Phi) is 12.1. The van der Waals surface area contributed by atoms with Gasteiger partial charge in [0.25, 0.3) is 0 Å². The van der Waals surface area contributed by atoms with E-state index >= 15 is 0 Å². The van der Waals surface area contributed by atoms with Crippen molar-refractivity contribution in [2.45, 2.75) is 163 Å². The molecule has 3 aromatic heterocycles. The van der Waals surface area contributed by atoms with Crippen LogP contribution in [0.3, 0.4) is 0 Å². The van der Waals surface area contributed by atoms with Crippen molar-refractivity contribution in [1.29, 1.82) is 0 Å². The number of aromatic nitrogens is 4. The summed E-state index contributed by atoms with van der Waals surface area (Å²) < 4.78 is 38.2. The Balaban J connectivity index is 1.67. The number of aryl methyl sites for hydroxylation is 5. The van der Waals surface area contributed by atoms with Crippen molar-refractivity contribution in [3.63, 3.8) is 0 Å². The third-order valence-corrected chi connectivity index (χ3v) is 12.6. The highest BCUT2D eigenvalue weighted by Gasteiger charge is 2.40. The van der Waals surface area contributed by atoms with Crippen LogP contribution in [0.5, 0.6) is 0 Å². The number of H-pyrrole nitrogens is 2. The van der Waals surface area contributed by atoms with Gasteiger partial charge in [-0.3, -0.25) is 4.98 Å². The van der Waals surface area contributed by atoms with E-state index in [1.165, 1.54) is 55.6 Å². The van der Waals surface area contributed by atoms with Gasteiger partial charge in [-0.1, -0.05) is 86.8 Å². The molecule has 0 saturated heterocycles. The molecule has 0 unspecified atom stereocenters. The van der Waals surface area contributed by atoms with Crippen molar-refractivity contribution in [3.05, 3.63) is 80.8 Å². The number of aromatic amines is 2. The van der Waals surface area contributed by atoms with E-state index in [0.29, 0.717) is 6.42 Å². The average molecular weight is 739 g/mol. The van der Waals surface area contributed by atoms with Gasteiger partial charge in [-0.2, -0.15) is 13.2 Å². The first-order valence-electron chi connectivity index (χ1n) is 21.0. The van der Waals surface area contributed by atoms with Crippen LogP contribution in [0.4, 0.5) is 13.2 Å². The van der Waals surface area contributed by atoms with E-state index < -0.39 is 12.6 Å². The molecule has 4 nitrogen and oxygen atoms in total. The van der Waals surface area contributed by atoms with Gasteiger partial charge in [-0.15, -0.1) is 0 Å². The summed E-state index contributed by atoms with van der Waals surface area (Å²) in [7, 11) is 0. The molecule has 6 rings (SSSR count). The summed E-state index contributed by atoms with van der Waals surface area (Å²) in [5.74, 6) is 0. The predicted octanol–water partition coefficient (Wildman–Crippen LogP) is 14.0. The number of allylic oxidation sites excluding steroid dienone is 2. The molecule has 0 atom stereocenters. The Labute approximate surface area is 320 Å². The molecule has 0 radical (unpaired) electrons. The monoisotopic (exact) mass is 738 g/mol. The van der Waals surface area contributed by atoms with Crippen molar-refractivity contribution >= 4 is 44.1 Å². The predicted molar refractivity (Wildman–Crippen MR) is 222 cm³/mol. The Hall–Kier alpha value is -3.87. The average Bonchev–Trinajstić information content (AvgIpc) is 3.88. The largest absolute Gasteiger partial charge is 0.389 e. The van der Waals surface area contributed by atoms with Gasteiger partial charge >= 0.3 is 6.18 Å². The van der Waals surface area contributed by atoms with Crippen LogP contribution in [0.25, 0.3) is 44.1 Å². The molecule has 5 heterocycles. The van der Waals surface area contributed by atoms with Gasteiger partial charge in [-0.25, -0.2) is 4.98 Å². The van der Waals surface area contributed by atoms with E-state index in [-0.39, 0.29) is 11.8 Å². The Morgan fingerprint density at radius 3 is 1.67 bits per heavy atom. The van der Waals surface area contributed by atoms with E-state index in [1.807, 2.05) is 0 Å². The van der Waals surface area contributed by atoms with Crippen LogP contribution in [-0.2, 0) is 37.5 Å². The fraction of sp³-hybridized carbons (Fsp3) is 0.532. The first-order chi connectivity index (χ1) is 26.0. The standard InChI is InChI=1S/C47H61F3N4/c1-9-30-31(10-2)39-27-40-34(13-5)35(14-6)44(53-40)36-24-23-29(22-20-18-17-19-21-25-47(48,49)50)43-45(36)54-42(46(43,15-7)16-8)28-41-33(12-4)32(11-3)38(52-41)26-37(30)51-39/h23-24,26-28,51-52H,9-22,25H2,1-8H3. The van der Waals surface area contributed by atoms with Crippen molar-refractivity contribution in [2.75, 3.05) is 0 Å². The normalized spacial score (nSPS) is 14.3. The van der Waals surface area contributed by atoms with Gasteiger partial charge in [0.2, 0.25) is 0 Å². The molecule has 7 heteroatoms. The van der Waals surface area contributed by atoms with Crippen LogP contribution in [0, 0.1) is 0 Å². The molecule has 2 aliphatic heterocycles. The molecule has 1 aromatic carbocycles. The minimum absolute atomic E-state index is 0.211. The summed E-state index contributed by atoms with van der Waals surface area (Å²) in [4.78, 5) is 19.0. The van der Waals surface area contributed by atoms with Gasteiger partial charge in [0, 0.05) is 39.3 Å². The number of nitrogens with one attached hydrogen (secondary N) is 2. The minimum atomic E-state index is -4.07. The Morgan fingerprint density at radius 1 is 0.593 bits per heavy atom. The van der Waals surface area contributed by atoms with Crippen LogP contribution < -0.4 is 0 Å². The number of fused-ring (bicyclic) bond motifs is 8. The van der Waals surface area contributed by atoms with Crippen LogP contribution in [0.2, 0.25) is 0 Å². The van der Waals surface area contributed by atoms with Crippen molar-refractivity contribution in [3.8, 4) is 0 Å². The number of alkyl halides is 3. The summed E-state index contributed by atoms with van der Waals surface area (Å²) in [6.07, 6.45) is 7.01. The van der Waals surface area contributed by atoms with Gasteiger partial charge in [0.05, 0.1) is 22.6 Å². The van der Waals surface area contributed by atoms with Crippen molar-refractivity contribution in [2.24, 2.45) is 0 Å². The number of nitrogens with zero attached hydrogens (tertiary/aromatic N) is 2. The number of benzene rings is 1. The number of hydrogen-bond donors (Lipinski definition) is 2. The second-order valence-corrected chi connectivity index (χ2v) is 15.3. The third kappa shape index (κ3) is 7.17. The van der Waals surface area contributed by atoms with E-state index in [4.69, 9.17) is 9.97 Å². The van der Waals surface area contributed by atoms with Gasteiger partial charge in [0.15, 0.2) is 0 Å². The summed E-state index contributed by atoms with van der Waals surface area (Å²) in [5.41, 5.74) is 19.3. The highest BCUT2D eigenvalue weighted by Crippen LogP contribution is 2.48. The molecule has 2 N–H and O–H groups in total. The maximum Gasteiger partial charge on any atom is 0.389 e. The zero-order valence-corrected chi connectivity index (χ0v) is 34.0. The summed E-state index contributed by atoms with van der Waals surface area (Å²) >= 11 is 0. The molecular weight excluding hydrogens is 678 g/mol. The smallest absolute Gasteiger partial charge is 0.355 e. The zero-order valence-electron chi connectivity index (χ0n) is 34.0. The van der Waals surface area contributed by atoms with E-state index in [1.54, 1.807) is 0 Å². The molecule has 0 saturated carbocycles. The molecule has 2 aliphatic rings. The molecule has 0 spiro atoms. The lowest BCUT2D eigenvalue weighted by molar-refractivity contribution is -0.135. The molecule has 4 aromatic rings. The molecule has 8 bridgehead atoms. The molecule has 54 heavy (non-hydrogen) atoms. The molecule has 0 amide bonds. The number of halogens is 3. The first-order valence-corrected chi connectivity index (χ1v) is 21.0. The van der Waals surface area contributed by atoms with Crippen LogP contribution in [0.1, 0.15) is 170 Å². The molecule has 290 valence electrons. The van der Waals surface area contributed by atoms with E-state index in [9.17, 15) is 13.2 Å². The Bertz CT molecular complexity index is 2190. The lowest BCUT2D eigenvalue weighted by atomic mass is 9.71. The minimum Gasteiger partial charge on any atom is -0.355 e. The zero-order chi connectivity index (χ0) is 38.8. The summed E-state index contributed by atoms with van der Waals surface area (Å²) in [6.45, 7) is 18.1. The lowest BCUT2D eigenvalue weighted by Crippen LogP contribution is -2.25. The van der Waals surface area contributed by atoms with Gasteiger partial charge < -0.3 is 9.97 Å². The molecular formula is C47H61F3N4. The number of unbranched alkanes of at least 4 members (excludes halogenated alkanes) is 4. The highest BCUT2D eigenvalue weighted by atomic mass is 19.4. The Morgan fingerprint density at radius 2 is 1.13 bits per heavy atom. The van der Waals surface area contributed by atoms with Crippen LogP contribution in [-0.4, -0.2) is 26.1 Å². The number of hydrogen-bond acceptors (Lipinski definition) is 2. The molecule has 0 fully saturated rings. The second-order valence-electron chi connectivity index (χ2n) is 15.3. The lowest BCUT2D eigenvalue weighted by Gasteiger charge is -2.30. The fourth-order valence-corrected chi connectivity index (χ4v) is 9.78. The first kappa shape index (κ1) is 39.8. The quantitative estimate of drug-likeness (QED) is 0.119. The molecule has 0 aliphatic carbocycles. The van der Waals surface area contributed by atoms with E-state index in [2.05, 4.69) is 95.7 Å². The van der Waals surface area contributed by atoms with Gasteiger partial charge in [-0.05, 0) is 133 Å². The number of rotatable bonds is 15. The van der Waals surface area contributed by atoms with Crippen molar-refractivity contribution < 1.29 is 13.2 Å². The van der Waals surface area contributed by atoms with Crippen LogP contribution in [0.15, 0.2) is 30.3 Å². The summed E-state index contributed by atoms with van der Waals surface area (Å²) in [6, 6.07) is 11.6. The fourth-order valence-electron chi connectivity index (χ4n) is 9.78. The SMILES string of the molecule is CCC1=C(CC)c2nc1cc1[nH]c(cc3[nH]c(cc4nc5c(c(CCCCCCCC(F)(F)F)ccc25)C4(CC)CC)c(CC)c3CC)c(CC)c1CC. The second kappa shape index (κ2) is 16.5. The third-order valence-electron chi connectivity index (χ3n) is 12.6. The van der Waals surface area contributed by atoms with Crippen LogP contribution >= 0.6 is 0 Å². The van der Waals surface area contributed by atoms with E-state index in [0.717, 1.165) is 116 Å². The summed E-state index contributed by atoms with van der Waals surface area (Å²) in [5, 5.41) is 1.11. The highest BCUT2D eigenvalue weighted by molar-refractivity contribution is 6.02. The maximum absolute atomic E-state index is 12.7. The maximum atomic E-state index is 12.7. The topological polar surface area (TPSA) is 57.4 Å². The van der Waals surface area contributed by atoms with Crippen molar-refractivity contribution in [1.82, 2.24) is 19.9 Å². The van der Waals surface area contributed by atoms with Gasteiger partial charge in [0.1, 0.15) is 0 Å².